The summed E-state index contributed by atoms with van der Waals surface area (Å²) in [5.41, 5.74) is 6.46. The molecule has 19 heavy (non-hydrogen) atoms. The van der Waals surface area contributed by atoms with Crippen LogP contribution in [0.4, 0.5) is 0 Å². The molecule has 0 amide bonds. The van der Waals surface area contributed by atoms with Crippen LogP contribution in [0, 0.1) is 0 Å². The van der Waals surface area contributed by atoms with E-state index in [1.807, 2.05) is 0 Å². The van der Waals surface area contributed by atoms with Gasteiger partial charge in [-0.25, -0.2) is 0 Å². The van der Waals surface area contributed by atoms with Crippen LogP contribution in [0.15, 0.2) is 18.2 Å². The normalized spacial score (nSPS) is 20.2. The number of benzene rings is 1. The van der Waals surface area contributed by atoms with Crippen LogP contribution >= 0.6 is 11.6 Å². The van der Waals surface area contributed by atoms with Gasteiger partial charge in [-0.3, -0.25) is 4.79 Å². The van der Waals surface area contributed by atoms with Gasteiger partial charge in [-0.1, -0.05) is 17.7 Å². The third kappa shape index (κ3) is 3.83. The largest absolute Gasteiger partial charge is 0.486 e. The topological polar surface area (TPSA) is 81.8 Å². The second kappa shape index (κ2) is 6.23. The van der Waals surface area contributed by atoms with Crippen LogP contribution in [0.25, 0.3) is 0 Å². The van der Waals surface area contributed by atoms with E-state index in [0.717, 1.165) is 6.42 Å². The van der Waals surface area contributed by atoms with Gasteiger partial charge in [0.15, 0.2) is 0 Å². The van der Waals surface area contributed by atoms with Crippen molar-refractivity contribution < 1.29 is 19.4 Å². The van der Waals surface area contributed by atoms with Crippen LogP contribution in [0.3, 0.4) is 0 Å². The van der Waals surface area contributed by atoms with Gasteiger partial charge in [0.1, 0.15) is 11.9 Å². The maximum atomic E-state index is 10.6. The van der Waals surface area contributed by atoms with Gasteiger partial charge in [-0.05, 0) is 17.7 Å². The minimum Gasteiger partial charge on any atom is -0.486 e. The minimum atomic E-state index is -0.938. The molecule has 1 aromatic carbocycles. The number of hydrogen-bond acceptors (Lipinski definition) is 4. The lowest BCUT2D eigenvalue weighted by molar-refractivity contribution is -0.137. The zero-order chi connectivity index (χ0) is 13.8. The third-order valence-electron chi connectivity index (χ3n) is 2.96. The van der Waals surface area contributed by atoms with Crippen molar-refractivity contribution in [3.8, 4) is 5.75 Å². The van der Waals surface area contributed by atoms with E-state index in [4.69, 9.17) is 31.9 Å². The molecule has 0 spiro atoms. The molecule has 1 fully saturated rings. The number of rotatable bonds is 5. The number of carboxylic acid groups (broad SMARTS) is 1. The first kappa shape index (κ1) is 14.1. The van der Waals surface area contributed by atoms with E-state index in [1.54, 1.807) is 18.2 Å². The van der Waals surface area contributed by atoms with E-state index >= 15 is 0 Å². The summed E-state index contributed by atoms with van der Waals surface area (Å²) in [6, 6.07) is 4.54. The summed E-state index contributed by atoms with van der Waals surface area (Å²) in [6.07, 6.45) is 0.736. The minimum absolute atomic E-state index is 0.0241. The van der Waals surface area contributed by atoms with E-state index in [-0.39, 0.29) is 12.5 Å². The Morgan fingerprint density at radius 1 is 1.63 bits per heavy atom. The molecule has 2 rings (SSSR count). The number of carbonyl (C=O) groups is 1. The molecule has 2 unspecified atom stereocenters. The highest BCUT2D eigenvalue weighted by Crippen LogP contribution is 2.30. The van der Waals surface area contributed by atoms with Crippen molar-refractivity contribution >= 4 is 17.6 Å². The standard InChI is InChI=1S/C13H16ClNO4/c14-10-5-8(11(15)6-13(16)17)1-2-12(10)19-9-3-4-18-7-9/h1-2,5,9,11H,3-4,6-7,15H2,(H,16,17). The average Bonchev–Trinajstić information content (AvgIpc) is 2.83. The molecule has 0 aliphatic carbocycles. The fourth-order valence-electron chi connectivity index (χ4n) is 1.93. The van der Waals surface area contributed by atoms with Crippen molar-refractivity contribution in [3.63, 3.8) is 0 Å². The molecule has 1 heterocycles. The lowest BCUT2D eigenvalue weighted by Crippen LogP contribution is -2.17. The Labute approximate surface area is 116 Å². The number of halogens is 1. The van der Waals surface area contributed by atoms with Crippen molar-refractivity contribution in [1.82, 2.24) is 0 Å². The Hall–Kier alpha value is -1.30. The molecule has 1 aromatic rings. The lowest BCUT2D eigenvalue weighted by Gasteiger charge is -2.15. The van der Waals surface area contributed by atoms with Crippen LogP contribution in [-0.4, -0.2) is 30.4 Å². The van der Waals surface area contributed by atoms with E-state index in [1.165, 1.54) is 0 Å². The van der Waals surface area contributed by atoms with Gasteiger partial charge in [-0.2, -0.15) is 0 Å². The molecular formula is C13H16ClNO4. The number of nitrogens with two attached hydrogens (primary N) is 1. The molecule has 2 atom stereocenters. The monoisotopic (exact) mass is 285 g/mol. The summed E-state index contributed by atoms with van der Waals surface area (Å²) < 4.78 is 10.9. The predicted octanol–water partition coefficient (Wildman–Crippen LogP) is 1.98. The van der Waals surface area contributed by atoms with Crippen molar-refractivity contribution in [2.24, 2.45) is 5.73 Å². The molecule has 3 N–H and O–H groups in total. The van der Waals surface area contributed by atoms with Crippen LogP contribution in [0.1, 0.15) is 24.4 Å². The van der Waals surface area contributed by atoms with Crippen molar-refractivity contribution in [1.29, 1.82) is 0 Å². The fraction of sp³-hybridized carbons (Fsp3) is 0.462. The van der Waals surface area contributed by atoms with Gasteiger partial charge in [0.05, 0.1) is 24.7 Å². The highest BCUT2D eigenvalue weighted by molar-refractivity contribution is 6.32. The number of ether oxygens (including phenoxy) is 2. The number of aliphatic carboxylic acids is 1. The summed E-state index contributed by atoms with van der Waals surface area (Å²) in [4.78, 5) is 10.6. The molecular weight excluding hydrogens is 270 g/mol. The zero-order valence-corrected chi connectivity index (χ0v) is 11.1. The van der Waals surface area contributed by atoms with Gasteiger partial charge in [0.2, 0.25) is 0 Å². The summed E-state index contributed by atoms with van der Waals surface area (Å²) in [6.45, 7) is 1.26. The summed E-state index contributed by atoms with van der Waals surface area (Å²) >= 11 is 6.12. The molecule has 104 valence electrons. The van der Waals surface area contributed by atoms with E-state index < -0.39 is 12.0 Å². The first-order chi connectivity index (χ1) is 9.06. The molecule has 0 bridgehead atoms. The second-order valence-corrected chi connectivity index (χ2v) is 4.90. The average molecular weight is 286 g/mol. The third-order valence-corrected chi connectivity index (χ3v) is 3.26. The lowest BCUT2D eigenvalue weighted by atomic mass is 10.0. The SMILES string of the molecule is NC(CC(=O)O)c1ccc(OC2CCOC2)c(Cl)c1. The van der Waals surface area contributed by atoms with Gasteiger partial charge in [-0.15, -0.1) is 0 Å². The van der Waals surface area contributed by atoms with Crippen LogP contribution in [-0.2, 0) is 9.53 Å². The van der Waals surface area contributed by atoms with Crippen molar-refractivity contribution in [3.05, 3.63) is 28.8 Å². The van der Waals surface area contributed by atoms with Gasteiger partial charge in [0.25, 0.3) is 0 Å². The highest BCUT2D eigenvalue weighted by atomic mass is 35.5. The Bertz CT molecular complexity index is 460. The molecule has 1 aliphatic heterocycles. The van der Waals surface area contributed by atoms with Crippen molar-refractivity contribution in [2.45, 2.75) is 25.0 Å². The molecule has 1 saturated heterocycles. The van der Waals surface area contributed by atoms with Gasteiger partial charge < -0.3 is 20.3 Å². The Morgan fingerprint density at radius 2 is 2.42 bits per heavy atom. The predicted molar refractivity (Wildman–Crippen MR) is 70.5 cm³/mol. The Kier molecular flexibility index (Phi) is 4.63. The first-order valence-corrected chi connectivity index (χ1v) is 6.45. The zero-order valence-electron chi connectivity index (χ0n) is 10.3. The van der Waals surface area contributed by atoms with Crippen molar-refractivity contribution in [2.75, 3.05) is 13.2 Å². The molecule has 0 radical (unpaired) electrons. The quantitative estimate of drug-likeness (QED) is 0.864. The summed E-state index contributed by atoms with van der Waals surface area (Å²) in [5.74, 6) is -0.365. The fourth-order valence-corrected chi connectivity index (χ4v) is 2.17. The van der Waals surface area contributed by atoms with Crippen LogP contribution < -0.4 is 10.5 Å². The van der Waals surface area contributed by atoms with E-state index in [0.29, 0.717) is 29.5 Å². The van der Waals surface area contributed by atoms with Gasteiger partial charge >= 0.3 is 5.97 Å². The molecule has 1 aliphatic rings. The Morgan fingerprint density at radius 3 is 3.00 bits per heavy atom. The molecule has 6 heteroatoms. The number of hydrogen-bond donors (Lipinski definition) is 2. The first-order valence-electron chi connectivity index (χ1n) is 6.07. The van der Waals surface area contributed by atoms with E-state index in [2.05, 4.69) is 0 Å². The summed E-state index contributed by atoms with van der Waals surface area (Å²) in [7, 11) is 0. The molecule has 0 saturated carbocycles. The van der Waals surface area contributed by atoms with Crippen LogP contribution in [0.2, 0.25) is 5.02 Å². The molecule has 5 nitrogen and oxygen atoms in total. The smallest absolute Gasteiger partial charge is 0.305 e. The number of carboxylic acids is 1. The van der Waals surface area contributed by atoms with E-state index in [9.17, 15) is 4.79 Å². The van der Waals surface area contributed by atoms with Gasteiger partial charge in [0, 0.05) is 12.5 Å². The summed E-state index contributed by atoms with van der Waals surface area (Å²) in [5, 5.41) is 9.14. The molecule has 0 aromatic heterocycles. The maximum Gasteiger partial charge on any atom is 0.305 e. The second-order valence-electron chi connectivity index (χ2n) is 4.50. The van der Waals surface area contributed by atoms with Crippen LogP contribution in [0.5, 0.6) is 5.75 Å². The Balaban J connectivity index is 2.05. The maximum absolute atomic E-state index is 10.6. The highest BCUT2D eigenvalue weighted by Gasteiger charge is 2.19.